The Balaban J connectivity index is 3.46. The molecule has 0 aromatic rings. The third kappa shape index (κ3) is 28.2. The summed E-state index contributed by atoms with van der Waals surface area (Å²) in [4.78, 5) is 12.1. The molecular formula is C32H65NO4. The van der Waals surface area contributed by atoms with Crippen molar-refractivity contribution in [3.05, 3.63) is 0 Å². The molecule has 0 spiro atoms. The van der Waals surface area contributed by atoms with Gasteiger partial charge in [0.15, 0.2) is 0 Å². The predicted octanol–water partition coefficient (Wildman–Crippen LogP) is 8.48. The van der Waals surface area contributed by atoms with Crippen LogP contribution in [0.15, 0.2) is 0 Å². The van der Waals surface area contributed by atoms with Gasteiger partial charge in [-0.05, 0) is 39.0 Å². The van der Waals surface area contributed by atoms with Gasteiger partial charge in [0.1, 0.15) is 0 Å². The molecule has 3 atom stereocenters. The largest absolute Gasteiger partial charge is 0.376 e. The minimum Gasteiger partial charge on any atom is -0.376 e. The molecule has 0 saturated carbocycles. The van der Waals surface area contributed by atoms with Crippen molar-refractivity contribution in [1.29, 1.82) is 0 Å². The van der Waals surface area contributed by atoms with E-state index in [2.05, 4.69) is 33.0 Å². The van der Waals surface area contributed by atoms with Crippen LogP contribution >= 0.6 is 0 Å². The zero-order chi connectivity index (χ0) is 27.7. The maximum Gasteiger partial charge on any atom is 0.220 e. The first-order valence-corrected chi connectivity index (χ1v) is 15.8. The Labute approximate surface area is 231 Å². The first kappa shape index (κ1) is 36.4. The van der Waals surface area contributed by atoms with Gasteiger partial charge in [0, 0.05) is 19.6 Å². The van der Waals surface area contributed by atoms with Crippen LogP contribution in [0.2, 0.25) is 0 Å². The van der Waals surface area contributed by atoms with Gasteiger partial charge >= 0.3 is 0 Å². The van der Waals surface area contributed by atoms with Crippen LogP contribution in [0.5, 0.6) is 0 Å². The van der Waals surface area contributed by atoms with Crippen molar-refractivity contribution in [2.45, 2.75) is 163 Å². The monoisotopic (exact) mass is 527 g/mol. The third-order valence-electron chi connectivity index (χ3n) is 6.72. The van der Waals surface area contributed by atoms with Crippen molar-refractivity contribution in [3.8, 4) is 0 Å². The molecule has 0 aromatic carbocycles. The Bertz CT molecular complexity index is 497. The summed E-state index contributed by atoms with van der Waals surface area (Å²) in [5.74, 6) is 1.53. The van der Waals surface area contributed by atoms with E-state index < -0.39 is 0 Å². The second kappa shape index (κ2) is 25.6. The first-order chi connectivity index (χ1) is 17.7. The molecule has 3 unspecified atom stereocenters. The average molecular weight is 528 g/mol. The molecule has 0 rings (SSSR count). The Morgan fingerprint density at radius 1 is 0.514 bits per heavy atom. The normalized spacial score (nSPS) is 14.3. The van der Waals surface area contributed by atoms with Crippen molar-refractivity contribution in [1.82, 2.24) is 5.32 Å². The van der Waals surface area contributed by atoms with Crippen LogP contribution in [-0.4, -0.2) is 50.6 Å². The molecule has 5 heteroatoms. The lowest BCUT2D eigenvalue weighted by Crippen LogP contribution is -2.33. The molecule has 37 heavy (non-hydrogen) atoms. The number of amides is 1. The molecule has 0 bridgehead atoms. The number of hydrogen-bond acceptors (Lipinski definition) is 4. The first-order valence-electron chi connectivity index (χ1n) is 15.8. The lowest BCUT2D eigenvalue weighted by molar-refractivity contribution is -0.122. The summed E-state index contributed by atoms with van der Waals surface area (Å²) in [5, 5.41) is 3.01. The highest BCUT2D eigenvalue weighted by molar-refractivity contribution is 5.75. The highest BCUT2D eigenvalue weighted by atomic mass is 16.6. The molecular weight excluding hydrogens is 462 g/mol. The van der Waals surface area contributed by atoms with Gasteiger partial charge in [-0.1, -0.05) is 111 Å². The molecule has 0 fully saturated rings. The second-order valence-electron chi connectivity index (χ2n) is 12.2. The number of ether oxygens (including phenoxy) is 3. The molecule has 0 radical (unpaired) electrons. The Hall–Kier alpha value is -0.650. The molecule has 5 nitrogen and oxygen atoms in total. The van der Waals surface area contributed by atoms with Crippen molar-refractivity contribution in [3.63, 3.8) is 0 Å². The maximum atomic E-state index is 12.1. The lowest BCUT2D eigenvalue weighted by atomic mass is 10.0. The zero-order valence-electron chi connectivity index (χ0n) is 26.0. The van der Waals surface area contributed by atoms with Crippen molar-refractivity contribution < 1.29 is 19.0 Å². The second-order valence-corrected chi connectivity index (χ2v) is 12.2. The summed E-state index contributed by atoms with van der Waals surface area (Å²) in [7, 11) is 0. The van der Waals surface area contributed by atoms with Crippen LogP contribution in [0.4, 0.5) is 0 Å². The zero-order valence-corrected chi connectivity index (χ0v) is 26.0. The van der Waals surface area contributed by atoms with Crippen LogP contribution in [-0.2, 0) is 19.0 Å². The highest BCUT2D eigenvalue weighted by Crippen LogP contribution is 2.14. The molecule has 1 amide bonds. The third-order valence-corrected chi connectivity index (χ3v) is 6.72. The van der Waals surface area contributed by atoms with Crippen molar-refractivity contribution in [2.24, 2.45) is 11.8 Å². The van der Waals surface area contributed by atoms with Crippen LogP contribution in [0.3, 0.4) is 0 Å². The van der Waals surface area contributed by atoms with Gasteiger partial charge in [-0.3, -0.25) is 4.79 Å². The summed E-state index contributed by atoms with van der Waals surface area (Å²) in [6.45, 7) is 17.4. The Morgan fingerprint density at radius 3 is 1.38 bits per heavy atom. The molecule has 0 aliphatic carbocycles. The Kier molecular flexibility index (Phi) is 25.2. The minimum atomic E-state index is -0.0190. The van der Waals surface area contributed by atoms with Crippen molar-refractivity contribution in [2.75, 3.05) is 26.4 Å². The van der Waals surface area contributed by atoms with E-state index in [1.165, 1.54) is 77.0 Å². The number of unbranched alkanes of at least 4 members (excludes halogenated alkanes) is 12. The lowest BCUT2D eigenvalue weighted by Gasteiger charge is -2.20. The van der Waals surface area contributed by atoms with Gasteiger partial charge in [-0.25, -0.2) is 0 Å². The quantitative estimate of drug-likeness (QED) is 0.109. The van der Waals surface area contributed by atoms with E-state index in [-0.39, 0.29) is 24.2 Å². The van der Waals surface area contributed by atoms with Gasteiger partial charge in [-0.15, -0.1) is 0 Å². The number of nitrogens with one attached hydrogen (secondary N) is 1. The molecule has 0 aliphatic rings. The molecule has 222 valence electrons. The van der Waals surface area contributed by atoms with E-state index in [0.29, 0.717) is 32.1 Å². The fraction of sp³-hybridized carbons (Fsp3) is 0.969. The standard InChI is InChI=1S/C32H65NO4/c1-27(2)21-19-17-15-13-11-9-8-10-12-14-16-18-20-22-32(34)33-23-29(5)36-25-31(7)37-26-30(6)35-24-28(3)4/h27-31H,8-26H2,1-7H3,(H,33,34). The van der Waals surface area contributed by atoms with Gasteiger partial charge in [-0.2, -0.15) is 0 Å². The topological polar surface area (TPSA) is 56.8 Å². The van der Waals surface area contributed by atoms with Crippen LogP contribution in [0.1, 0.15) is 145 Å². The molecule has 0 aromatic heterocycles. The SMILES string of the molecule is CC(C)CCCCCCCCCCCCCCCC(=O)NCC(C)OCC(C)OCC(C)OCC(C)C. The molecule has 0 aliphatic heterocycles. The number of carbonyl (C=O) groups excluding carboxylic acids is 1. The van der Waals surface area contributed by atoms with Crippen LogP contribution in [0.25, 0.3) is 0 Å². The van der Waals surface area contributed by atoms with Gasteiger partial charge in [0.2, 0.25) is 5.91 Å². The molecule has 1 N–H and O–H groups in total. The summed E-state index contributed by atoms with van der Waals surface area (Å²) < 4.78 is 17.4. The van der Waals surface area contributed by atoms with E-state index in [1.807, 2.05) is 20.8 Å². The fourth-order valence-electron chi connectivity index (χ4n) is 4.24. The van der Waals surface area contributed by atoms with Crippen LogP contribution < -0.4 is 5.32 Å². The van der Waals surface area contributed by atoms with Crippen LogP contribution in [0, 0.1) is 11.8 Å². The summed E-state index contributed by atoms with van der Waals surface area (Å²) >= 11 is 0. The number of rotatable bonds is 27. The molecule has 0 saturated heterocycles. The van der Waals surface area contributed by atoms with E-state index in [9.17, 15) is 4.79 Å². The minimum absolute atomic E-state index is 0.00709. The summed E-state index contributed by atoms with van der Waals surface area (Å²) in [6.07, 6.45) is 19.4. The van der Waals surface area contributed by atoms with E-state index >= 15 is 0 Å². The van der Waals surface area contributed by atoms with E-state index in [1.54, 1.807) is 0 Å². The number of carbonyl (C=O) groups is 1. The number of hydrogen-bond donors (Lipinski definition) is 1. The van der Waals surface area contributed by atoms with E-state index in [0.717, 1.165) is 25.4 Å². The average Bonchev–Trinajstić information content (AvgIpc) is 2.85. The summed E-state index contributed by atoms with van der Waals surface area (Å²) in [5.41, 5.74) is 0. The van der Waals surface area contributed by atoms with Gasteiger partial charge in [0.25, 0.3) is 0 Å². The van der Waals surface area contributed by atoms with Crippen molar-refractivity contribution >= 4 is 5.91 Å². The highest BCUT2D eigenvalue weighted by Gasteiger charge is 2.11. The van der Waals surface area contributed by atoms with Gasteiger partial charge in [0.05, 0.1) is 31.5 Å². The predicted molar refractivity (Wildman–Crippen MR) is 158 cm³/mol. The molecule has 0 heterocycles. The summed E-state index contributed by atoms with van der Waals surface area (Å²) in [6, 6.07) is 0. The van der Waals surface area contributed by atoms with E-state index in [4.69, 9.17) is 14.2 Å². The fourth-order valence-corrected chi connectivity index (χ4v) is 4.24. The maximum absolute atomic E-state index is 12.1. The van der Waals surface area contributed by atoms with Gasteiger partial charge < -0.3 is 19.5 Å². The smallest absolute Gasteiger partial charge is 0.220 e. The Morgan fingerprint density at radius 2 is 0.919 bits per heavy atom.